The molecule has 0 unspecified atom stereocenters. The van der Waals surface area contributed by atoms with Crippen molar-refractivity contribution < 1.29 is 0 Å². The lowest BCUT2D eigenvalue weighted by atomic mass is 10.1. The molecule has 0 N–H and O–H groups in total. The highest BCUT2D eigenvalue weighted by molar-refractivity contribution is 6.28. The van der Waals surface area contributed by atoms with Crippen molar-refractivity contribution in [1.29, 1.82) is 0 Å². The van der Waals surface area contributed by atoms with E-state index in [-0.39, 0.29) is 5.28 Å². The average molecular weight is 384 g/mol. The molecule has 0 aliphatic heterocycles. The third-order valence-corrected chi connectivity index (χ3v) is 4.72. The van der Waals surface area contributed by atoms with E-state index in [0.29, 0.717) is 17.2 Å². The number of fused-ring (bicyclic) bond motifs is 1. The Bertz CT molecular complexity index is 1210. The van der Waals surface area contributed by atoms with E-state index in [9.17, 15) is 0 Å². The van der Waals surface area contributed by atoms with Crippen LogP contribution >= 0.6 is 11.6 Å². The summed E-state index contributed by atoms with van der Waals surface area (Å²) in [6.45, 7) is 6.17. The van der Waals surface area contributed by atoms with Crippen LogP contribution in [0.25, 0.3) is 33.8 Å². The Kier molecular flexibility index (Phi) is 5.00. The minimum absolute atomic E-state index is 0.151. The van der Waals surface area contributed by atoms with E-state index in [1.165, 1.54) is 5.56 Å². The molecular formula is C24H18ClN3. The molecule has 4 rings (SSSR count). The largest absolute Gasteiger partial charge is 0.226 e. The molecule has 0 atom stereocenters. The molecule has 28 heavy (non-hydrogen) atoms. The van der Waals surface area contributed by atoms with E-state index in [0.717, 1.165) is 21.9 Å². The van der Waals surface area contributed by atoms with Gasteiger partial charge in [-0.1, -0.05) is 79.4 Å². The topological polar surface area (TPSA) is 38.7 Å². The zero-order valence-corrected chi connectivity index (χ0v) is 16.2. The molecule has 0 aliphatic carbocycles. The van der Waals surface area contributed by atoms with Gasteiger partial charge in [-0.3, -0.25) is 0 Å². The molecule has 0 amide bonds. The highest BCUT2D eigenvalue weighted by Gasteiger charge is 2.09. The molecule has 0 saturated heterocycles. The second kappa shape index (κ2) is 7.75. The van der Waals surface area contributed by atoms with Crippen LogP contribution in [0.4, 0.5) is 0 Å². The molecule has 1 heterocycles. The first-order valence-corrected chi connectivity index (χ1v) is 9.32. The summed E-state index contributed by atoms with van der Waals surface area (Å²) < 4.78 is 0. The maximum atomic E-state index is 6.18. The number of aromatic nitrogens is 3. The predicted molar refractivity (Wildman–Crippen MR) is 117 cm³/mol. The van der Waals surface area contributed by atoms with Gasteiger partial charge in [0.2, 0.25) is 5.28 Å². The summed E-state index contributed by atoms with van der Waals surface area (Å²) in [5.41, 5.74) is 3.88. The lowest BCUT2D eigenvalue weighted by Gasteiger charge is -2.06. The SMILES string of the molecule is C=C(/C=C\c1ccccc1C)c1nc(Cl)nc(-c2ccc3ccccc3c2)n1. The van der Waals surface area contributed by atoms with Gasteiger partial charge < -0.3 is 0 Å². The van der Waals surface area contributed by atoms with Crippen LogP contribution in [-0.2, 0) is 0 Å². The molecule has 4 aromatic rings. The highest BCUT2D eigenvalue weighted by Crippen LogP contribution is 2.24. The summed E-state index contributed by atoms with van der Waals surface area (Å²) in [4.78, 5) is 13.1. The van der Waals surface area contributed by atoms with Gasteiger partial charge in [-0.2, -0.15) is 9.97 Å². The lowest BCUT2D eigenvalue weighted by molar-refractivity contribution is 1.03. The fourth-order valence-electron chi connectivity index (χ4n) is 2.99. The Balaban J connectivity index is 1.68. The molecule has 0 saturated carbocycles. The van der Waals surface area contributed by atoms with Crippen molar-refractivity contribution in [2.75, 3.05) is 0 Å². The average Bonchev–Trinajstić information content (AvgIpc) is 2.72. The number of hydrogen-bond acceptors (Lipinski definition) is 3. The van der Waals surface area contributed by atoms with Gasteiger partial charge in [-0.15, -0.1) is 0 Å². The van der Waals surface area contributed by atoms with Crippen LogP contribution in [-0.4, -0.2) is 15.0 Å². The van der Waals surface area contributed by atoms with Crippen LogP contribution in [0.15, 0.2) is 79.4 Å². The van der Waals surface area contributed by atoms with Crippen molar-refractivity contribution in [2.45, 2.75) is 6.92 Å². The van der Waals surface area contributed by atoms with Gasteiger partial charge in [0.25, 0.3) is 0 Å². The van der Waals surface area contributed by atoms with Gasteiger partial charge in [-0.25, -0.2) is 4.98 Å². The summed E-state index contributed by atoms with van der Waals surface area (Å²) in [7, 11) is 0. The second-order valence-corrected chi connectivity index (χ2v) is 6.87. The molecule has 3 nitrogen and oxygen atoms in total. The van der Waals surface area contributed by atoms with Gasteiger partial charge in [0.15, 0.2) is 11.6 Å². The van der Waals surface area contributed by atoms with Crippen LogP contribution in [0.2, 0.25) is 5.28 Å². The van der Waals surface area contributed by atoms with E-state index in [1.807, 2.05) is 42.5 Å². The zero-order chi connectivity index (χ0) is 19.5. The maximum Gasteiger partial charge on any atom is 0.226 e. The van der Waals surface area contributed by atoms with E-state index >= 15 is 0 Å². The standard InChI is InChI=1S/C24H18ClN3/c1-16-7-3-4-8-18(16)12-11-17(2)22-26-23(28-24(25)27-22)21-14-13-19-9-5-6-10-20(19)15-21/h3-15H,2H2,1H3/b12-11-. The molecule has 4 heteroatoms. The van der Waals surface area contributed by atoms with Crippen LogP contribution in [0, 0.1) is 6.92 Å². The number of nitrogens with zero attached hydrogens (tertiary/aromatic N) is 3. The predicted octanol–water partition coefficient (Wildman–Crippen LogP) is 6.38. The van der Waals surface area contributed by atoms with Crippen molar-refractivity contribution in [3.05, 3.63) is 102 Å². The van der Waals surface area contributed by atoms with Gasteiger partial charge in [0.1, 0.15) is 0 Å². The normalized spacial score (nSPS) is 11.2. The fraction of sp³-hybridized carbons (Fsp3) is 0.0417. The number of hydrogen-bond donors (Lipinski definition) is 0. The Morgan fingerprint density at radius 1 is 0.893 bits per heavy atom. The van der Waals surface area contributed by atoms with Gasteiger partial charge in [0.05, 0.1) is 0 Å². The Morgan fingerprint density at radius 3 is 2.46 bits per heavy atom. The molecule has 0 spiro atoms. The third kappa shape index (κ3) is 3.85. The van der Waals surface area contributed by atoms with Crippen molar-refractivity contribution >= 4 is 34.0 Å². The van der Waals surface area contributed by atoms with Gasteiger partial charge in [0, 0.05) is 11.1 Å². The maximum absolute atomic E-state index is 6.18. The summed E-state index contributed by atoms with van der Waals surface area (Å²) in [6, 6.07) is 22.4. The number of halogens is 1. The molecule has 3 aromatic carbocycles. The molecule has 0 radical (unpaired) electrons. The minimum atomic E-state index is 0.151. The Labute approximate surface area is 169 Å². The van der Waals surface area contributed by atoms with Crippen LogP contribution in [0.5, 0.6) is 0 Å². The molecule has 1 aromatic heterocycles. The van der Waals surface area contributed by atoms with Crippen LogP contribution in [0.3, 0.4) is 0 Å². The van der Waals surface area contributed by atoms with Crippen molar-refractivity contribution in [2.24, 2.45) is 0 Å². The summed E-state index contributed by atoms with van der Waals surface area (Å²) in [5.74, 6) is 0.999. The molecule has 136 valence electrons. The van der Waals surface area contributed by atoms with Crippen LogP contribution < -0.4 is 0 Å². The first-order valence-electron chi connectivity index (χ1n) is 8.94. The van der Waals surface area contributed by atoms with Crippen molar-refractivity contribution in [3.63, 3.8) is 0 Å². The summed E-state index contributed by atoms with van der Waals surface area (Å²) in [6.07, 6.45) is 3.91. The molecular weight excluding hydrogens is 366 g/mol. The summed E-state index contributed by atoms with van der Waals surface area (Å²) in [5, 5.41) is 2.44. The van der Waals surface area contributed by atoms with E-state index in [4.69, 9.17) is 11.6 Å². The quantitative estimate of drug-likeness (QED) is 0.384. The number of benzene rings is 3. The number of rotatable bonds is 4. The van der Waals surface area contributed by atoms with Crippen molar-refractivity contribution in [1.82, 2.24) is 15.0 Å². The molecule has 0 bridgehead atoms. The molecule has 0 aliphatic rings. The van der Waals surface area contributed by atoms with Crippen molar-refractivity contribution in [3.8, 4) is 11.4 Å². The second-order valence-electron chi connectivity index (χ2n) is 6.53. The Morgan fingerprint density at radius 2 is 1.64 bits per heavy atom. The lowest BCUT2D eigenvalue weighted by Crippen LogP contribution is -1.99. The fourth-order valence-corrected chi connectivity index (χ4v) is 3.15. The molecule has 0 fully saturated rings. The zero-order valence-electron chi connectivity index (χ0n) is 15.4. The smallest absolute Gasteiger partial charge is 0.208 e. The van der Waals surface area contributed by atoms with Gasteiger partial charge in [-0.05, 0) is 46.5 Å². The van der Waals surface area contributed by atoms with Crippen LogP contribution in [0.1, 0.15) is 17.0 Å². The number of allylic oxidation sites excluding steroid dienone is 2. The third-order valence-electron chi connectivity index (χ3n) is 4.56. The van der Waals surface area contributed by atoms with E-state index in [1.54, 1.807) is 0 Å². The number of aryl methyl sites for hydroxylation is 1. The van der Waals surface area contributed by atoms with E-state index in [2.05, 4.69) is 64.9 Å². The monoisotopic (exact) mass is 383 g/mol. The first-order chi connectivity index (χ1) is 13.6. The minimum Gasteiger partial charge on any atom is -0.208 e. The Hall–Kier alpha value is -3.30. The summed E-state index contributed by atoms with van der Waals surface area (Å²) >= 11 is 6.18. The van der Waals surface area contributed by atoms with Gasteiger partial charge >= 0.3 is 0 Å². The van der Waals surface area contributed by atoms with E-state index < -0.39 is 0 Å². The first kappa shape index (κ1) is 18.1. The highest BCUT2D eigenvalue weighted by atomic mass is 35.5.